The van der Waals surface area contributed by atoms with Crippen molar-refractivity contribution in [2.75, 3.05) is 19.4 Å². The summed E-state index contributed by atoms with van der Waals surface area (Å²) in [5.74, 6) is 0.493. The van der Waals surface area contributed by atoms with E-state index in [0.717, 1.165) is 51.2 Å². The van der Waals surface area contributed by atoms with Crippen LogP contribution in [0.1, 0.15) is 11.4 Å². The maximum atomic E-state index is 12.6. The molecule has 1 aromatic carbocycles. The van der Waals surface area contributed by atoms with Crippen molar-refractivity contribution in [3.05, 3.63) is 76.6 Å². The highest BCUT2D eigenvalue weighted by Crippen LogP contribution is 2.29. The number of aromatic nitrogens is 5. The van der Waals surface area contributed by atoms with Crippen molar-refractivity contribution in [2.24, 2.45) is 0 Å². The zero-order valence-electron chi connectivity index (χ0n) is 18.1. The summed E-state index contributed by atoms with van der Waals surface area (Å²) in [5.41, 5.74) is 5.10. The molecule has 0 bridgehead atoms. The number of pyridine rings is 3. The fourth-order valence-corrected chi connectivity index (χ4v) is 3.78. The molecule has 0 aliphatic heterocycles. The molecule has 4 aromatic heterocycles. The van der Waals surface area contributed by atoms with Gasteiger partial charge in [0.05, 0.1) is 22.3 Å². The number of nitrogens with one attached hydrogen (secondary N) is 3. The van der Waals surface area contributed by atoms with Crippen molar-refractivity contribution < 1.29 is 0 Å². The van der Waals surface area contributed by atoms with Crippen LogP contribution in [0.3, 0.4) is 0 Å². The van der Waals surface area contributed by atoms with Gasteiger partial charge in [0.2, 0.25) is 0 Å². The van der Waals surface area contributed by atoms with Crippen LogP contribution >= 0.6 is 0 Å². The minimum atomic E-state index is -0.193. The van der Waals surface area contributed by atoms with Crippen LogP contribution in [0, 0.1) is 6.92 Å². The Kier molecular flexibility index (Phi) is 4.91. The van der Waals surface area contributed by atoms with Gasteiger partial charge in [-0.05, 0) is 68.9 Å². The lowest BCUT2D eigenvalue weighted by atomic mass is 10.1. The molecule has 0 spiro atoms. The van der Waals surface area contributed by atoms with E-state index in [0.29, 0.717) is 11.2 Å². The van der Waals surface area contributed by atoms with Gasteiger partial charge in [-0.2, -0.15) is 5.10 Å². The lowest BCUT2D eigenvalue weighted by Gasteiger charge is -2.12. The molecule has 3 N–H and O–H groups in total. The summed E-state index contributed by atoms with van der Waals surface area (Å²) in [7, 11) is 4.03. The van der Waals surface area contributed by atoms with E-state index in [-0.39, 0.29) is 5.56 Å². The molecular weight excluding hydrogens is 402 g/mol. The zero-order chi connectivity index (χ0) is 22.2. The Balaban J connectivity index is 1.60. The third-order valence-electron chi connectivity index (χ3n) is 5.33. The first kappa shape index (κ1) is 19.9. The van der Waals surface area contributed by atoms with E-state index < -0.39 is 0 Å². The van der Waals surface area contributed by atoms with Gasteiger partial charge < -0.3 is 15.2 Å². The number of fused-ring (bicyclic) bond motifs is 2. The molecule has 0 atom stereocenters. The highest BCUT2D eigenvalue weighted by Gasteiger charge is 2.13. The van der Waals surface area contributed by atoms with Crippen LogP contribution in [0.2, 0.25) is 0 Å². The summed E-state index contributed by atoms with van der Waals surface area (Å²) in [6.45, 7) is 2.70. The van der Waals surface area contributed by atoms with Crippen LogP contribution < -0.4 is 10.9 Å². The van der Waals surface area contributed by atoms with E-state index in [9.17, 15) is 4.79 Å². The lowest BCUT2D eigenvalue weighted by molar-refractivity contribution is 0.398. The zero-order valence-corrected chi connectivity index (χ0v) is 18.1. The first-order valence-electron chi connectivity index (χ1n) is 10.3. The average Bonchev–Trinajstić information content (AvgIpc) is 3.15. The van der Waals surface area contributed by atoms with E-state index in [1.165, 1.54) is 0 Å². The minimum absolute atomic E-state index is 0.193. The van der Waals surface area contributed by atoms with Gasteiger partial charge >= 0.3 is 0 Å². The maximum Gasteiger partial charge on any atom is 0.259 e. The van der Waals surface area contributed by atoms with Gasteiger partial charge in [-0.25, -0.2) is 4.98 Å². The molecule has 8 heteroatoms. The predicted molar refractivity (Wildman–Crippen MR) is 127 cm³/mol. The number of benzene rings is 1. The third-order valence-corrected chi connectivity index (χ3v) is 5.33. The van der Waals surface area contributed by atoms with Gasteiger partial charge in [-0.15, -0.1) is 0 Å². The Labute approximate surface area is 184 Å². The minimum Gasteiger partial charge on any atom is -0.339 e. The number of hydrogen-bond acceptors (Lipinski definition) is 6. The smallest absolute Gasteiger partial charge is 0.259 e. The quantitative estimate of drug-likeness (QED) is 0.394. The lowest BCUT2D eigenvalue weighted by Crippen LogP contribution is -2.11. The summed E-state index contributed by atoms with van der Waals surface area (Å²) in [5, 5.41) is 13.3. The van der Waals surface area contributed by atoms with Crippen LogP contribution in [0.5, 0.6) is 0 Å². The Morgan fingerprint density at radius 3 is 2.75 bits per heavy atom. The maximum absolute atomic E-state index is 12.6. The highest BCUT2D eigenvalue weighted by atomic mass is 16.1. The number of aryl methyl sites for hydroxylation is 1. The van der Waals surface area contributed by atoms with Crippen LogP contribution in [0.25, 0.3) is 32.9 Å². The summed E-state index contributed by atoms with van der Waals surface area (Å²) >= 11 is 0. The van der Waals surface area contributed by atoms with Crippen molar-refractivity contribution in [1.29, 1.82) is 0 Å². The monoisotopic (exact) mass is 425 g/mol. The second-order valence-corrected chi connectivity index (χ2v) is 8.11. The number of nitrogens with zero attached hydrogens (tertiary/aromatic N) is 4. The van der Waals surface area contributed by atoms with Crippen LogP contribution in [0.15, 0.2) is 59.7 Å². The summed E-state index contributed by atoms with van der Waals surface area (Å²) in [6.07, 6.45) is 3.44. The van der Waals surface area contributed by atoms with Crippen molar-refractivity contribution >= 4 is 33.2 Å². The van der Waals surface area contributed by atoms with Gasteiger partial charge in [-0.1, -0.05) is 0 Å². The van der Waals surface area contributed by atoms with Crippen LogP contribution in [-0.2, 0) is 6.54 Å². The summed E-state index contributed by atoms with van der Waals surface area (Å²) in [6, 6.07) is 13.7. The van der Waals surface area contributed by atoms with E-state index in [4.69, 9.17) is 4.98 Å². The number of aromatic amines is 2. The normalized spacial score (nSPS) is 11.5. The molecule has 0 radical (unpaired) electrons. The first-order valence-corrected chi connectivity index (χ1v) is 10.3. The van der Waals surface area contributed by atoms with Crippen molar-refractivity contribution in [3.8, 4) is 11.3 Å². The van der Waals surface area contributed by atoms with Crippen LogP contribution in [0.4, 0.5) is 11.5 Å². The predicted octanol–water partition coefficient (Wildman–Crippen LogP) is 3.98. The average molecular weight is 425 g/mol. The van der Waals surface area contributed by atoms with Crippen LogP contribution in [-0.4, -0.2) is 44.1 Å². The Hall–Kier alpha value is -4.04. The van der Waals surface area contributed by atoms with E-state index in [1.807, 2.05) is 63.5 Å². The van der Waals surface area contributed by atoms with Crippen molar-refractivity contribution in [1.82, 2.24) is 30.0 Å². The molecule has 160 valence electrons. The van der Waals surface area contributed by atoms with E-state index >= 15 is 0 Å². The molecule has 0 unspecified atom stereocenters. The number of H-pyrrole nitrogens is 2. The molecular formula is C24H23N7O. The molecule has 0 aliphatic carbocycles. The fourth-order valence-electron chi connectivity index (χ4n) is 3.78. The number of rotatable bonds is 5. The van der Waals surface area contributed by atoms with Crippen molar-refractivity contribution in [2.45, 2.75) is 13.5 Å². The van der Waals surface area contributed by atoms with Gasteiger partial charge in [0.15, 0.2) is 0 Å². The van der Waals surface area contributed by atoms with Gasteiger partial charge in [0.25, 0.3) is 5.56 Å². The highest BCUT2D eigenvalue weighted by molar-refractivity contribution is 5.96. The second kappa shape index (κ2) is 7.90. The molecule has 4 heterocycles. The standard InChI is InChI=1S/C24H23N7O/c1-14-4-5-16(12-26-14)19-10-15-8-9-25-24(32)22(15)23(28-19)27-17-6-7-18-20(11-17)29-30-21(18)13-31(2)3/h4-12H,13H2,1-3H3,(H,25,32)(H,27,28)(H,29,30). The van der Waals surface area contributed by atoms with Gasteiger partial charge in [0.1, 0.15) is 5.82 Å². The number of hydrogen-bond donors (Lipinski definition) is 3. The third kappa shape index (κ3) is 3.72. The Morgan fingerprint density at radius 2 is 1.97 bits per heavy atom. The molecule has 0 amide bonds. The molecule has 0 saturated carbocycles. The molecule has 5 rings (SSSR count). The molecule has 32 heavy (non-hydrogen) atoms. The first-order chi connectivity index (χ1) is 15.5. The topological polar surface area (TPSA) is 103 Å². The Bertz CT molecular complexity index is 1480. The SMILES string of the molecule is Cc1ccc(-c2cc3cc[nH]c(=O)c3c(Nc3ccc4c(CN(C)C)n[nH]c4c3)n2)cn1. The Morgan fingerprint density at radius 1 is 1.09 bits per heavy atom. The molecule has 8 nitrogen and oxygen atoms in total. The number of anilines is 2. The molecule has 0 aliphatic rings. The second-order valence-electron chi connectivity index (χ2n) is 8.11. The van der Waals surface area contributed by atoms with E-state index in [1.54, 1.807) is 12.4 Å². The molecule has 0 fully saturated rings. The van der Waals surface area contributed by atoms with Gasteiger partial charge in [0, 0.05) is 41.3 Å². The molecule has 5 aromatic rings. The van der Waals surface area contributed by atoms with E-state index in [2.05, 4.69) is 30.4 Å². The van der Waals surface area contributed by atoms with Crippen molar-refractivity contribution in [3.63, 3.8) is 0 Å². The summed E-state index contributed by atoms with van der Waals surface area (Å²) < 4.78 is 0. The molecule has 0 saturated heterocycles. The fraction of sp³-hybridized carbons (Fsp3) is 0.167. The largest absolute Gasteiger partial charge is 0.339 e. The van der Waals surface area contributed by atoms with Gasteiger partial charge in [-0.3, -0.25) is 14.9 Å². The summed E-state index contributed by atoms with van der Waals surface area (Å²) in [4.78, 5) is 26.6.